The Bertz CT molecular complexity index is 327. The van der Waals surface area contributed by atoms with E-state index in [1.807, 2.05) is 39.8 Å². The minimum absolute atomic E-state index is 0.212. The lowest BCUT2D eigenvalue weighted by Gasteiger charge is -2.22. The summed E-state index contributed by atoms with van der Waals surface area (Å²) in [6.45, 7) is 7.41. The number of esters is 1. The number of hydrogen-bond donors (Lipinski definition) is 0. The third-order valence-corrected chi connectivity index (χ3v) is 1.94. The molecule has 0 bridgehead atoms. The van der Waals surface area contributed by atoms with Gasteiger partial charge in [0.25, 0.3) is 0 Å². The molecule has 3 nitrogen and oxygen atoms in total. The van der Waals surface area contributed by atoms with Gasteiger partial charge in [-0.15, -0.1) is 0 Å². The van der Waals surface area contributed by atoms with E-state index >= 15 is 0 Å². The lowest BCUT2D eigenvalue weighted by Crippen LogP contribution is -2.26. The van der Waals surface area contributed by atoms with Crippen LogP contribution in [-0.2, 0) is 9.53 Å². The molecule has 1 rings (SSSR count). The van der Waals surface area contributed by atoms with Gasteiger partial charge in [-0.2, -0.15) is 0 Å². The first-order valence-electron chi connectivity index (χ1n) is 5.03. The summed E-state index contributed by atoms with van der Waals surface area (Å²) in [5.41, 5.74) is 0.444. The van der Waals surface area contributed by atoms with E-state index in [1.165, 1.54) is 0 Å². The van der Waals surface area contributed by atoms with Crippen LogP contribution >= 0.6 is 0 Å². The lowest BCUT2D eigenvalue weighted by atomic mass is 10.0. The Balaban J connectivity index is 2.70. The van der Waals surface area contributed by atoms with Crippen molar-refractivity contribution >= 4 is 5.97 Å². The maximum Gasteiger partial charge on any atom is 0.313 e. The first-order chi connectivity index (χ1) is 6.90. The van der Waals surface area contributed by atoms with Crippen molar-refractivity contribution < 1.29 is 9.53 Å². The van der Waals surface area contributed by atoms with Crippen LogP contribution in [0.3, 0.4) is 0 Å². The molecule has 0 N–H and O–H groups in total. The van der Waals surface area contributed by atoms with Crippen LogP contribution in [-0.4, -0.2) is 16.6 Å². The monoisotopic (exact) mass is 207 g/mol. The number of hydrogen-bond acceptors (Lipinski definition) is 3. The molecule has 0 amide bonds. The van der Waals surface area contributed by atoms with Gasteiger partial charge in [-0.25, -0.2) is 0 Å². The zero-order chi connectivity index (χ0) is 11.5. The zero-order valence-corrected chi connectivity index (χ0v) is 9.65. The average molecular weight is 207 g/mol. The van der Waals surface area contributed by atoms with Gasteiger partial charge in [0.2, 0.25) is 0 Å². The van der Waals surface area contributed by atoms with Gasteiger partial charge >= 0.3 is 5.97 Å². The Morgan fingerprint density at radius 2 is 2.13 bits per heavy atom. The maximum atomic E-state index is 11.7. The first-order valence-corrected chi connectivity index (χ1v) is 5.03. The highest BCUT2D eigenvalue weighted by Crippen LogP contribution is 2.18. The topological polar surface area (TPSA) is 39.2 Å². The summed E-state index contributed by atoms with van der Waals surface area (Å²) in [5, 5.41) is 0. The Hall–Kier alpha value is -1.38. The number of carbonyl (C=O) groups is 1. The molecule has 0 aliphatic carbocycles. The quantitative estimate of drug-likeness (QED) is 0.699. The van der Waals surface area contributed by atoms with Crippen LogP contribution in [0.4, 0.5) is 0 Å². The molecule has 0 saturated carbocycles. The molecular weight excluding hydrogens is 190 g/mol. The minimum Gasteiger partial charge on any atom is -0.460 e. The lowest BCUT2D eigenvalue weighted by molar-refractivity contribution is -0.156. The first kappa shape index (κ1) is 11.7. The molecule has 0 radical (unpaired) electrons. The van der Waals surface area contributed by atoms with Gasteiger partial charge in [0.05, 0.1) is 5.92 Å². The molecule has 0 aliphatic rings. The molecule has 1 heterocycles. The molecule has 0 spiro atoms. The summed E-state index contributed by atoms with van der Waals surface area (Å²) < 4.78 is 5.29. The van der Waals surface area contributed by atoms with E-state index in [9.17, 15) is 4.79 Å². The molecule has 1 unspecified atom stereocenters. The molecule has 15 heavy (non-hydrogen) atoms. The molecule has 82 valence electrons. The molecule has 0 aliphatic heterocycles. The van der Waals surface area contributed by atoms with Gasteiger partial charge < -0.3 is 4.74 Å². The summed E-state index contributed by atoms with van der Waals surface area (Å²) in [6, 6.07) is 3.69. The molecule has 1 aromatic rings. The van der Waals surface area contributed by atoms with Crippen molar-refractivity contribution in [3.05, 3.63) is 30.1 Å². The largest absolute Gasteiger partial charge is 0.460 e. The summed E-state index contributed by atoms with van der Waals surface area (Å²) in [5.74, 6) is -0.478. The van der Waals surface area contributed by atoms with Crippen LogP contribution in [0.2, 0.25) is 0 Å². The predicted octanol–water partition coefficient (Wildman–Crippen LogP) is 2.53. The second kappa shape index (κ2) is 4.43. The van der Waals surface area contributed by atoms with Crippen molar-refractivity contribution in [2.75, 3.05) is 0 Å². The van der Waals surface area contributed by atoms with E-state index in [0.29, 0.717) is 0 Å². The molecule has 1 aromatic heterocycles. The number of pyridine rings is 1. The van der Waals surface area contributed by atoms with E-state index < -0.39 is 5.60 Å². The zero-order valence-electron chi connectivity index (χ0n) is 9.65. The number of carbonyl (C=O) groups excluding carboxylic acids is 1. The Labute approximate surface area is 90.5 Å². The number of rotatable bonds is 2. The van der Waals surface area contributed by atoms with Crippen molar-refractivity contribution in [2.24, 2.45) is 0 Å². The van der Waals surface area contributed by atoms with Gasteiger partial charge in [0.15, 0.2) is 0 Å². The highest BCUT2D eigenvalue weighted by Gasteiger charge is 2.22. The summed E-state index contributed by atoms with van der Waals surface area (Å²) >= 11 is 0. The molecule has 0 fully saturated rings. The van der Waals surface area contributed by atoms with Gasteiger partial charge in [0, 0.05) is 12.4 Å². The Morgan fingerprint density at radius 3 is 2.60 bits per heavy atom. The molecule has 0 saturated heterocycles. The van der Waals surface area contributed by atoms with E-state index in [0.717, 1.165) is 5.56 Å². The molecule has 1 atom stereocenters. The van der Waals surface area contributed by atoms with Crippen LogP contribution in [0.25, 0.3) is 0 Å². The van der Waals surface area contributed by atoms with Crippen LogP contribution in [0.1, 0.15) is 39.2 Å². The third kappa shape index (κ3) is 3.70. The normalized spacial score (nSPS) is 13.3. The van der Waals surface area contributed by atoms with Crippen molar-refractivity contribution in [3.63, 3.8) is 0 Å². The number of nitrogens with zero attached hydrogens (tertiary/aromatic N) is 1. The molecule has 0 aromatic carbocycles. The second-order valence-corrected chi connectivity index (χ2v) is 4.54. The highest BCUT2D eigenvalue weighted by atomic mass is 16.6. The van der Waals surface area contributed by atoms with E-state index in [-0.39, 0.29) is 11.9 Å². The average Bonchev–Trinajstić information content (AvgIpc) is 2.15. The van der Waals surface area contributed by atoms with Crippen LogP contribution in [0.5, 0.6) is 0 Å². The minimum atomic E-state index is -0.437. The van der Waals surface area contributed by atoms with Crippen molar-refractivity contribution in [3.8, 4) is 0 Å². The predicted molar refractivity (Wildman–Crippen MR) is 58.5 cm³/mol. The highest BCUT2D eigenvalue weighted by molar-refractivity contribution is 5.77. The summed E-state index contributed by atoms with van der Waals surface area (Å²) in [7, 11) is 0. The van der Waals surface area contributed by atoms with Crippen molar-refractivity contribution in [1.29, 1.82) is 0 Å². The van der Waals surface area contributed by atoms with E-state index in [2.05, 4.69) is 4.98 Å². The van der Waals surface area contributed by atoms with Crippen molar-refractivity contribution in [2.45, 2.75) is 39.2 Å². The van der Waals surface area contributed by atoms with Crippen LogP contribution in [0, 0.1) is 0 Å². The van der Waals surface area contributed by atoms with Gasteiger partial charge in [-0.1, -0.05) is 6.07 Å². The van der Waals surface area contributed by atoms with Crippen LogP contribution < -0.4 is 0 Å². The Kier molecular flexibility index (Phi) is 3.45. The maximum absolute atomic E-state index is 11.7. The fraction of sp³-hybridized carbons (Fsp3) is 0.500. The van der Waals surface area contributed by atoms with Gasteiger partial charge in [-0.3, -0.25) is 9.78 Å². The van der Waals surface area contributed by atoms with Gasteiger partial charge in [-0.05, 0) is 39.3 Å². The Morgan fingerprint density at radius 1 is 1.47 bits per heavy atom. The SMILES string of the molecule is CC(C(=O)OC(C)(C)C)c1cccnc1. The summed E-state index contributed by atoms with van der Waals surface area (Å²) in [6.07, 6.45) is 3.37. The van der Waals surface area contributed by atoms with Gasteiger partial charge in [0.1, 0.15) is 5.60 Å². The third-order valence-electron chi connectivity index (χ3n) is 1.94. The van der Waals surface area contributed by atoms with Crippen LogP contribution in [0.15, 0.2) is 24.5 Å². The number of aromatic nitrogens is 1. The smallest absolute Gasteiger partial charge is 0.313 e. The fourth-order valence-corrected chi connectivity index (χ4v) is 1.16. The molecule has 3 heteroatoms. The van der Waals surface area contributed by atoms with E-state index in [4.69, 9.17) is 4.74 Å². The molecular formula is C12H17NO2. The number of ether oxygens (including phenoxy) is 1. The summed E-state index contributed by atoms with van der Waals surface area (Å²) in [4.78, 5) is 15.7. The fourth-order valence-electron chi connectivity index (χ4n) is 1.16. The second-order valence-electron chi connectivity index (χ2n) is 4.54. The standard InChI is InChI=1S/C12H17NO2/c1-9(10-6-5-7-13-8-10)11(14)15-12(2,3)4/h5-9H,1-4H3. The van der Waals surface area contributed by atoms with Crippen molar-refractivity contribution in [1.82, 2.24) is 4.98 Å². The van der Waals surface area contributed by atoms with E-state index in [1.54, 1.807) is 12.4 Å².